The Balaban J connectivity index is 4.02. The summed E-state index contributed by atoms with van der Waals surface area (Å²) in [5.41, 5.74) is 0. The lowest BCUT2D eigenvalue weighted by atomic mass is 9.77. The molecule has 0 fully saturated rings. The maximum atomic E-state index is 11.0. The van der Waals surface area contributed by atoms with Crippen LogP contribution in [0.2, 0.25) is 5.82 Å². The first-order chi connectivity index (χ1) is 6.61. The van der Waals surface area contributed by atoms with E-state index in [4.69, 9.17) is 10.5 Å². The monoisotopic (exact) mass is 200 g/mol. The van der Waals surface area contributed by atoms with E-state index in [1.807, 2.05) is 0 Å². The molecule has 0 heterocycles. The van der Waals surface area contributed by atoms with Gasteiger partial charge < -0.3 is 14.5 Å². The first-order valence-corrected chi connectivity index (χ1v) is 3.89. The molecule has 2 N–H and O–H groups in total. The van der Waals surface area contributed by atoms with E-state index in [0.29, 0.717) is 6.40 Å². The smallest absolute Gasteiger partial charge is 0.386 e. The van der Waals surface area contributed by atoms with Crippen molar-refractivity contribution in [1.82, 2.24) is 0 Å². The van der Waals surface area contributed by atoms with Crippen LogP contribution in [0.1, 0.15) is 12.8 Å². The van der Waals surface area contributed by atoms with Crippen LogP contribution in [-0.2, 0) is 19.0 Å². The first kappa shape index (κ1) is 12.5. The van der Waals surface area contributed by atoms with Crippen LogP contribution in [0.4, 0.5) is 0 Å². The zero-order chi connectivity index (χ0) is 11.0. The summed E-state index contributed by atoms with van der Waals surface area (Å²) in [4.78, 5) is 21.3. The van der Waals surface area contributed by atoms with Gasteiger partial charge in [0.1, 0.15) is 6.40 Å². The zero-order valence-corrected chi connectivity index (χ0v) is 7.73. The Morgan fingerprint density at radius 3 is 2.71 bits per heavy atom. The molecule has 14 heavy (non-hydrogen) atoms. The summed E-state index contributed by atoms with van der Waals surface area (Å²) < 4.78 is 8.90. The first-order valence-electron chi connectivity index (χ1n) is 3.89. The van der Waals surface area contributed by atoms with Gasteiger partial charge in [-0.05, 0) is 6.42 Å². The van der Waals surface area contributed by atoms with E-state index in [1.54, 1.807) is 0 Å². The number of aliphatic carboxylic acids is 1. The Labute approximate surface area is 82.0 Å². The fraction of sp³-hybridized carbons (Fsp3) is 0.571. The number of ether oxygens (including phenoxy) is 1. The lowest BCUT2D eigenvalue weighted by Gasteiger charge is -2.09. The van der Waals surface area contributed by atoms with Crippen molar-refractivity contribution in [3.63, 3.8) is 0 Å². The van der Waals surface area contributed by atoms with Gasteiger partial charge in [0, 0.05) is 6.42 Å². The zero-order valence-electron chi connectivity index (χ0n) is 7.73. The third-order valence-corrected chi connectivity index (χ3v) is 1.48. The summed E-state index contributed by atoms with van der Waals surface area (Å²) in [5.74, 6) is -2.33. The van der Waals surface area contributed by atoms with Crippen LogP contribution in [0.3, 0.4) is 0 Å². The summed E-state index contributed by atoms with van der Waals surface area (Å²) in [6, 6.07) is 0. The predicted molar refractivity (Wildman–Crippen MR) is 48.3 cm³/mol. The number of esters is 1. The van der Waals surface area contributed by atoms with Gasteiger partial charge in [0.05, 0.1) is 12.9 Å². The van der Waals surface area contributed by atoms with Crippen LogP contribution in [-0.4, -0.2) is 38.0 Å². The minimum atomic E-state index is -0.998. The van der Waals surface area contributed by atoms with E-state index in [0.717, 1.165) is 7.48 Å². The van der Waals surface area contributed by atoms with Gasteiger partial charge in [-0.2, -0.15) is 0 Å². The van der Waals surface area contributed by atoms with Crippen molar-refractivity contribution in [2.45, 2.75) is 18.7 Å². The molecule has 77 valence electrons. The normalized spacial score (nSPS) is 11.2. The molecule has 0 aliphatic carbocycles. The number of carbonyl (C=O) groups is 2. The minimum Gasteiger partial charge on any atom is -0.555 e. The van der Waals surface area contributed by atoms with Crippen LogP contribution in [0.5, 0.6) is 0 Å². The summed E-state index contributed by atoms with van der Waals surface area (Å²) >= 11 is 0. The highest BCUT2D eigenvalue weighted by atomic mass is 16.5. The molecule has 0 aromatic carbocycles. The number of rotatable bonds is 7. The fourth-order valence-electron chi connectivity index (χ4n) is 0.806. The lowest BCUT2D eigenvalue weighted by molar-refractivity contribution is -0.141. The Hall–Kier alpha value is -1.53. The molecule has 0 aliphatic rings. The topological polar surface area (TPSA) is 96.7 Å². The van der Waals surface area contributed by atoms with Crippen molar-refractivity contribution < 1.29 is 24.1 Å². The molecule has 0 bridgehead atoms. The van der Waals surface area contributed by atoms with Crippen molar-refractivity contribution >= 4 is 25.8 Å². The van der Waals surface area contributed by atoms with E-state index >= 15 is 0 Å². The Morgan fingerprint density at radius 1 is 1.64 bits per heavy atom. The third kappa shape index (κ3) is 5.18. The Bertz CT molecular complexity index is 220. The van der Waals surface area contributed by atoms with Crippen molar-refractivity contribution in [3.05, 3.63) is 0 Å². The summed E-state index contributed by atoms with van der Waals surface area (Å²) in [5, 5.41) is 15.0. The summed E-state index contributed by atoms with van der Waals surface area (Å²) in [6.45, 7) is 0. The standard InChI is InChI=1S/C7H11BNO5/c1-13-7(12)5(8-14-4-9)2-3-6(10)11/h4-5,9H,2-3H2,1H3,(H,10,11)/t5-/m0/s1. The minimum absolute atomic E-state index is 0.0931. The maximum Gasteiger partial charge on any atom is 0.386 e. The molecule has 0 aromatic rings. The molecular formula is C7H11BNO5. The van der Waals surface area contributed by atoms with Crippen LogP contribution in [0.25, 0.3) is 0 Å². The molecule has 0 amide bonds. The Kier molecular flexibility index (Phi) is 6.18. The molecule has 0 aromatic heterocycles. The molecule has 1 atom stereocenters. The average Bonchev–Trinajstić information content (AvgIpc) is 2.16. The highest BCUT2D eigenvalue weighted by molar-refractivity contribution is 6.38. The second kappa shape index (κ2) is 6.93. The fourth-order valence-corrected chi connectivity index (χ4v) is 0.806. The predicted octanol–water partition coefficient (Wildman–Crippen LogP) is 0.0556. The van der Waals surface area contributed by atoms with Gasteiger partial charge in [0.15, 0.2) is 0 Å². The van der Waals surface area contributed by atoms with Gasteiger partial charge in [-0.15, -0.1) is 0 Å². The molecule has 0 aliphatic heterocycles. The highest BCUT2D eigenvalue weighted by Gasteiger charge is 2.23. The van der Waals surface area contributed by atoms with E-state index in [2.05, 4.69) is 9.39 Å². The number of carbonyl (C=O) groups excluding carboxylic acids is 1. The molecule has 0 spiro atoms. The van der Waals surface area contributed by atoms with Gasteiger partial charge in [-0.25, -0.2) is 0 Å². The number of hydrogen-bond donors (Lipinski definition) is 2. The largest absolute Gasteiger partial charge is 0.555 e. The van der Waals surface area contributed by atoms with Crippen molar-refractivity contribution in [1.29, 1.82) is 5.41 Å². The van der Waals surface area contributed by atoms with Gasteiger partial charge in [0.25, 0.3) is 0 Å². The number of carboxylic acids is 1. The van der Waals surface area contributed by atoms with Crippen LogP contribution < -0.4 is 0 Å². The van der Waals surface area contributed by atoms with E-state index in [-0.39, 0.29) is 12.8 Å². The molecule has 0 unspecified atom stereocenters. The molecule has 0 rings (SSSR count). The number of hydrogen-bond acceptors (Lipinski definition) is 5. The van der Waals surface area contributed by atoms with Gasteiger partial charge in [-0.3, -0.25) is 15.0 Å². The van der Waals surface area contributed by atoms with Crippen LogP contribution in [0.15, 0.2) is 0 Å². The average molecular weight is 200 g/mol. The van der Waals surface area contributed by atoms with Gasteiger partial charge >= 0.3 is 19.4 Å². The highest BCUT2D eigenvalue weighted by Crippen LogP contribution is 2.13. The molecular weight excluding hydrogens is 189 g/mol. The molecule has 6 nitrogen and oxygen atoms in total. The third-order valence-electron chi connectivity index (χ3n) is 1.48. The Morgan fingerprint density at radius 2 is 2.29 bits per heavy atom. The van der Waals surface area contributed by atoms with Crippen LogP contribution in [0, 0.1) is 5.41 Å². The molecule has 0 saturated carbocycles. The second-order valence-electron chi connectivity index (χ2n) is 2.45. The summed E-state index contributed by atoms with van der Waals surface area (Å²) in [6.07, 6.45) is 0.587. The van der Waals surface area contributed by atoms with E-state index in [1.165, 1.54) is 7.11 Å². The van der Waals surface area contributed by atoms with Crippen molar-refractivity contribution in [2.75, 3.05) is 7.11 Å². The van der Waals surface area contributed by atoms with Gasteiger partial charge in [0.2, 0.25) is 0 Å². The number of carboxylic acid groups (broad SMARTS) is 1. The van der Waals surface area contributed by atoms with Gasteiger partial charge in [-0.1, -0.05) is 0 Å². The molecule has 1 radical (unpaired) electrons. The maximum absolute atomic E-state index is 11.0. The number of methoxy groups -OCH3 is 1. The van der Waals surface area contributed by atoms with Crippen molar-refractivity contribution in [3.8, 4) is 0 Å². The van der Waals surface area contributed by atoms with E-state index in [9.17, 15) is 9.59 Å². The van der Waals surface area contributed by atoms with Crippen LogP contribution >= 0.6 is 0 Å². The number of nitrogens with one attached hydrogen (secondary N) is 1. The van der Waals surface area contributed by atoms with E-state index < -0.39 is 17.8 Å². The molecule has 0 saturated heterocycles. The second-order valence-corrected chi connectivity index (χ2v) is 2.45. The quantitative estimate of drug-likeness (QED) is 0.262. The lowest BCUT2D eigenvalue weighted by Crippen LogP contribution is -2.19. The summed E-state index contributed by atoms with van der Waals surface area (Å²) in [7, 11) is 2.29. The molecule has 7 heteroatoms. The SMILES string of the molecule is COC(=O)[C@@H]([B]OC=N)CCC(=O)O. The van der Waals surface area contributed by atoms with Crippen molar-refractivity contribution in [2.24, 2.45) is 0 Å².